The van der Waals surface area contributed by atoms with Gasteiger partial charge in [-0.05, 0) is 79.8 Å². The van der Waals surface area contributed by atoms with Crippen LogP contribution >= 0.6 is 0 Å². The van der Waals surface area contributed by atoms with Crippen molar-refractivity contribution >= 4 is 49.3 Å². The van der Waals surface area contributed by atoms with Gasteiger partial charge in [0.25, 0.3) is 0 Å². The summed E-state index contributed by atoms with van der Waals surface area (Å²) in [6.07, 6.45) is 13.3. The number of hydrogen-bond donors (Lipinski definition) is 0. The number of fused-ring (bicyclic) bond motifs is 9. The van der Waals surface area contributed by atoms with Gasteiger partial charge < -0.3 is 13.9 Å². The molecule has 0 radical (unpaired) electrons. The second-order valence-corrected chi connectivity index (χ2v) is 14.4. The molecule has 0 fully saturated rings. The molecule has 1 aliphatic heterocycles. The van der Waals surface area contributed by atoms with Gasteiger partial charge in [-0.1, -0.05) is 91.9 Å². The maximum atomic E-state index is 10.3. The number of nitriles is 1. The largest absolute Gasteiger partial charge is 0.485 e. The maximum Gasteiger partial charge on any atom is 0.130 e. The molecule has 49 heavy (non-hydrogen) atoms. The topological polar surface area (TPSA) is 42.9 Å². The van der Waals surface area contributed by atoms with Gasteiger partial charge in [0.05, 0.1) is 38.7 Å². The Hall–Kier alpha value is -5.79. The second kappa shape index (κ2) is 10.4. The first-order valence-corrected chi connectivity index (χ1v) is 17.4. The summed E-state index contributed by atoms with van der Waals surface area (Å²) in [4.78, 5) is 0. The van der Waals surface area contributed by atoms with Crippen LogP contribution in [0.2, 0.25) is 0 Å². The number of para-hydroxylation sites is 3. The molecule has 7 aromatic rings. The van der Waals surface area contributed by atoms with Crippen molar-refractivity contribution in [2.75, 3.05) is 0 Å². The highest BCUT2D eigenvalue weighted by atomic mass is 16.5. The highest BCUT2D eigenvalue weighted by molar-refractivity contribution is 6.11. The first kappa shape index (κ1) is 28.2. The van der Waals surface area contributed by atoms with E-state index in [4.69, 9.17) is 4.74 Å². The summed E-state index contributed by atoms with van der Waals surface area (Å²) in [7, 11) is 0. The quantitative estimate of drug-likeness (QED) is 0.194. The average molecular weight is 634 g/mol. The number of ether oxygens (including phenoxy) is 1. The van der Waals surface area contributed by atoms with Crippen LogP contribution in [0.4, 0.5) is 0 Å². The predicted molar refractivity (Wildman–Crippen MR) is 200 cm³/mol. The molecule has 2 aliphatic carbocycles. The summed E-state index contributed by atoms with van der Waals surface area (Å²) >= 11 is 0. The van der Waals surface area contributed by atoms with Crippen LogP contribution in [0, 0.1) is 17.2 Å². The van der Waals surface area contributed by atoms with Crippen molar-refractivity contribution in [3.8, 4) is 17.5 Å². The number of aromatic nitrogens is 2. The summed E-state index contributed by atoms with van der Waals surface area (Å²) in [6, 6.07) is 39.5. The maximum absolute atomic E-state index is 10.3. The Bertz CT molecular complexity index is 2600. The minimum absolute atomic E-state index is 0.0112. The lowest BCUT2D eigenvalue weighted by molar-refractivity contribution is 0.228. The number of nitrogens with zero attached hydrogens (tertiary/aromatic N) is 3. The number of benzene rings is 5. The van der Waals surface area contributed by atoms with Gasteiger partial charge in [0, 0.05) is 38.7 Å². The molecular weight excluding hydrogens is 599 g/mol. The van der Waals surface area contributed by atoms with E-state index >= 15 is 0 Å². The van der Waals surface area contributed by atoms with Crippen LogP contribution in [0.25, 0.3) is 55.0 Å². The molecule has 3 heterocycles. The third-order valence-corrected chi connectivity index (χ3v) is 11.3. The van der Waals surface area contributed by atoms with Crippen molar-refractivity contribution in [1.82, 2.24) is 9.13 Å². The van der Waals surface area contributed by atoms with E-state index in [1.807, 2.05) is 6.07 Å². The molecule has 5 aromatic carbocycles. The van der Waals surface area contributed by atoms with Crippen LogP contribution < -0.4 is 4.74 Å². The first-order valence-electron chi connectivity index (χ1n) is 17.4. The van der Waals surface area contributed by atoms with Crippen LogP contribution in [0.1, 0.15) is 49.3 Å². The molecule has 3 aliphatic rings. The van der Waals surface area contributed by atoms with E-state index in [1.54, 1.807) is 0 Å². The Labute approximate surface area is 285 Å². The third-order valence-electron chi connectivity index (χ3n) is 11.3. The van der Waals surface area contributed by atoms with Crippen molar-refractivity contribution in [2.24, 2.45) is 5.92 Å². The lowest BCUT2D eigenvalue weighted by Crippen LogP contribution is -2.32. The smallest absolute Gasteiger partial charge is 0.130 e. The molecule has 0 amide bonds. The summed E-state index contributed by atoms with van der Waals surface area (Å²) in [5.74, 6) is 1.68. The Morgan fingerprint density at radius 3 is 2.14 bits per heavy atom. The summed E-state index contributed by atoms with van der Waals surface area (Å²) in [6.45, 7) is 4.67. The molecule has 0 N–H and O–H groups in total. The first-order chi connectivity index (χ1) is 24.0. The van der Waals surface area contributed by atoms with E-state index in [9.17, 15) is 5.26 Å². The van der Waals surface area contributed by atoms with E-state index in [-0.39, 0.29) is 17.4 Å². The average Bonchev–Trinajstić information content (AvgIpc) is 3.75. The SMILES string of the molecule is CC1CC(n2c3ccccc3c3cc4c(cc32)C2(C)C=CC=CC2O4)=CC(c2ccc(C#N)c(-n3c4ccccc4c4ccccc43)c2)C1. The van der Waals surface area contributed by atoms with Crippen LogP contribution in [0.15, 0.2) is 134 Å². The van der Waals surface area contributed by atoms with Gasteiger partial charge in [0.15, 0.2) is 0 Å². The molecule has 236 valence electrons. The Kier molecular flexibility index (Phi) is 5.97. The molecule has 2 aromatic heterocycles. The second-order valence-electron chi connectivity index (χ2n) is 14.4. The van der Waals surface area contributed by atoms with Gasteiger partial charge in [-0.2, -0.15) is 5.26 Å². The number of rotatable bonds is 3. The standard InChI is InChI=1S/C45H35N3O/c1-28-21-31(29-18-19-30(27-46)41(24-29)48-39-15-7-3-11-33(39)34-12-4-8-16-40(34)48)23-32(22-28)47-38-14-6-5-13-35(38)36-25-43-37(26-42(36)47)45(2)20-10-9-17-44(45)49-43/h3-20,23-26,28,31,44H,21-22H2,1-2H3. The van der Waals surface area contributed by atoms with Gasteiger partial charge in [0.2, 0.25) is 0 Å². The minimum Gasteiger partial charge on any atom is -0.485 e. The van der Waals surface area contributed by atoms with Crippen molar-refractivity contribution < 1.29 is 4.74 Å². The summed E-state index contributed by atoms with van der Waals surface area (Å²) in [5.41, 5.74) is 9.95. The molecule has 0 saturated carbocycles. The van der Waals surface area contributed by atoms with Crippen molar-refractivity contribution in [3.63, 3.8) is 0 Å². The molecule has 4 nitrogen and oxygen atoms in total. The van der Waals surface area contributed by atoms with Crippen molar-refractivity contribution in [2.45, 2.75) is 44.1 Å². The molecule has 0 spiro atoms. The highest BCUT2D eigenvalue weighted by Crippen LogP contribution is 2.50. The van der Waals surface area contributed by atoms with Gasteiger partial charge in [-0.15, -0.1) is 0 Å². The Morgan fingerprint density at radius 1 is 0.755 bits per heavy atom. The number of allylic oxidation sites excluding steroid dienone is 4. The minimum atomic E-state index is -0.192. The van der Waals surface area contributed by atoms with Gasteiger partial charge in [0.1, 0.15) is 17.9 Å². The zero-order chi connectivity index (χ0) is 32.9. The Balaban J connectivity index is 1.16. The lowest BCUT2D eigenvalue weighted by Gasteiger charge is -2.29. The molecule has 4 unspecified atom stereocenters. The van der Waals surface area contributed by atoms with E-state index in [0.717, 1.165) is 35.3 Å². The van der Waals surface area contributed by atoms with Crippen LogP contribution in [-0.2, 0) is 5.41 Å². The van der Waals surface area contributed by atoms with Gasteiger partial charge in [-0.3, -0.25) is 0 Å². The van der Waals surface area contributed by atoms with Crippen molar-refractivity contribution in [3.05, 3.63) is 150 Å². The summed E-state index contributed by atoms with van der Waals surface area (Å²) < 4.78 is 11.3. The third kappa shape index (κ3) is 4.03. The molecule has 4 heteroatoms. The highest BCUT2D eigenvalue weighted by Gasteiger charge is 2.43. The molecule has 0 saturated heterocycles. The van der Waals surface area contributed by atoms with E-state index in [1.165, 1.54) is 49.4 Å². The van der Waals surface area contributed by atoms with E-state index in [0.29, 0.717) is 11.5 Å². The van der Waals surface area contributed by atoms with E-state index < -0.39 is 0 Å². The lowest BCUT2D eigenvalue weighted by atomic mass is 9.76. The van der Waals surface area contributed by atoms with Crippen molar-refractivity contribution in [1.29, 1.82) is 5.26 Å². The fourth-order valence-corrected chi connectivity index (χ4v) is 8.96. The van der Waals surface area contributed by atoms with Gasteiger partial charge >= 0.3 is 0 Å². The normalized spacial score (nSPS) is 22.7. The predicted octanol–water partition coefficient (Wildman–Crippen LogP) is 11.0. The molecule has 10 rings (SSSR count). The van der Waals surface area contributed by atoms with Gasteiger partial charge in [-0.25, -0.2) is 0 Å². The molecular formula is C45H35N3O. The zero-order valence-electron chi connectivity index (χ0n) is 27.6. The molecule has 0 bridgehead atoms. The van der Waals surface area contributed by atoms with Crippen LogP contribution in [0.5, 0.6) is 5.75 Å². The number of hydrogen-bond acceptors (Lipinski definition) is 2. The summed E-state index contributed by atoms with van der Waals surface area (Å²) in [5, 5.41) is 15.2. The van der Waals surface area contributed by atoms with E-state index in [2.05, 4.69) is 156 Å². The fraction of sp³-hybridized carbons (Fsp3) is 0.178. The van der Waals surface area contributed by atoms with Crippen LogP contribution in [-0.4, -0.2) is 15.2 Å². The Morgan fingerprint density at radius 2 is 1.43 bits per heavy atom. The zero-order valence-corrected chi connectivity index (χ0v) is 27.6. The molecule has 4 atom stereocenters. The fourth-order valence-electron chi connectivity index (χ4n) is 8.96. The monoisotopic (exact) mass is 633 g/mol. The van der Waals surface area contributed by atoms with Crippen LogP contribution in [0.3, 0.4) is 0 Å².